The van der Waals surface area contributed by atoms with Gasteiger partial charge in [-0.3, -0.25) is 0 Å². The molecule has 0 aliphatic carbocycles. The van der Waals surface area contributed by atoms with Crippen LogP contribution in [0.2, 0.25) is 0 Å². The highest BCUT2D eigenvalue weighted by Gasteiger charge is 2.17. The SMILES string of the molecule is CN1CCC(CCn2c3ccccc3c3ccccc32)CC1. The Bertz CT molecular complexity index is 725. The Balaban J connectivity index is 1.65. The Labute approximate surface area is 132 Å². The largest absolute Gasteiger partial charge is 0.340 e. The summed E-state index contributed by atoms with van der Waals surface area (Å²) in [5.74, 6) is 0.885. The van der Waals surface area contributed by atoms with E-state index in [9.17, 15) is 0 Å². The fraction of sp³-hybridized carbons (Fsp3) is 0.400. The summed E-state index contributed by atoms with van der Waals surface area (Å²) in [6.07, 6.45) is 4.01. The second kappa shape index (κ2) is 5.77. The number of hydrogen-bond donors (Lipinski definition) is 0. The van der Waals surface area contributed by atoms with Crippen molar-refractivity contribution in [2.24, 2.45) is 5.92 Å². The van der Waals surface area contributed by atoms with E-state index in [0.29, 0.717) is 0 Å². The van der Waals surface area contributed by atoms with Crippen LogP contribution in [-0.2, 0) is 6.54 Å². The third-order valence-corrected chi connectivity index (χ3v) is 5.28. The lowest BCUT2D eigenvalue weighted by Crippen LogP contribution is -2.30. The lowest BCUT2D eigenvalue weighted by molar-refractivity contribution is 0.208. The Morgan fingerprint density at radius 1 is 0.864 bits per heavy atom. The van der Waals surface area contributed by atoms with Crippen molar-refractivity contribution in [3.63, 3.8) is 0 Å². The lowest BCUT2D eigenvalue weighted by atomic mass is 9.94. The van der Waals surface area contributed by atoms with Crippen molar-refractivity contribution < 1.29 is 0 Å². The van der Waals surface area contributed by atoms with Gasteiger partial charge in [0.15, 0.2) is 0 Å². The van der Waals surface area contributed by atoms with Gasteiger partial charge < -0.3 is 9.47 Å². The van der Waals surface area contributed by atoms with Crippen LogP contribution in [-0.4, -0.2) is 29.6 Å². The Kier molecular flexibility index (Phi) is 3.63. The summed E-state index contributed by atoms with van der Waals surface area (Å²) in [7, 11) is 2.24. The summed E-state index contributed by atoms with van der Waals surface area (Å²) < 4.78 is 2.53. The first-order valence-electron chi connectivity index (χ1n) is 8.47. The maximum absolute atomic E-state index is 2.53. The van der Waals surface area contributed by atoms with Gasteiger partial charge in [-0.05, 0) is 57.5 Å². The first-order chi connectivity index (χ1) is 10.8. The molecule has 1 aliphatic heterocycles. The van der Waals surface area contributed by atoms with E-state index in [1.807, 2.05) is 0 Å². The number of rotatable bonds is 3. The number of aromatic nitrogens is 1. The summed E-state index contributed by atoms with van der Waals surface area (Å²) in [5, 5.41) is 2.78. The van der Waals surface area contributed by atoms with Crippen LogP contribution in [0.5, 0.6) is 0 Å². The molecule has 1 aliphatic rings. The zero-order valence-corrected chi connectivity index (χ0v) is 13.3. The summed E-state index contributed by atoms with van der Waals surface area (Å²) in [6.45, 7) is 3.66. The molecule has 2 aromatic carbocycles. The molecule has 1 aromatic heterocycles. The van der Waals surface area contributed by atoms with Gasteiger partial charge in [0.05, 0.1) is 0 Å². The van der Waals surface area contributed by atoms with Gasteiger partial charge in [-0.2, -0.15) is 0 Å². The number of benzene rings is 2. The molecule has 0 radical (unpaired) electrons. The summed E-state index contributed by atoms with van der Waals surface area (Å²) in [5.41, 5.74) is 2.77. The quantitative estimate of drug-likeness (QED) is 0.688. The number of para-hydroxylation sites is 2. The van der Waals surface area contributed by atoms with Crippen molar-refractivity contribution in [3.05, 3.63) is 48.5 Å². The molecule has 4 rings (SSSR count). The molecule has 114 valence electrons. The summed E-state index contributed by atoms with van der Waals surface area (Å²) in [6, 6.07) is 17.7. The van der Waals surface area contributed by atoms with Crippen LogP contribution >= 0.6 is 0 Å². The average Bonchev–Trinajstić information content (AvgIpc) is 2.89. The van der Waals surface area contributed by atoms with Gasteiger partial charge in [0, 0.05) is 28.4 Å². The van der Waals surface area contributed by atoms with Crippen molar-refractivity contribution >= 4 is 21.8 Å². The Hall–Kier alpha value is -1.80. The van der Waals surface area contributed by atoms with Gasteiger partial charge in [0.2, 0.25) is 0 Å². The standard InChI is InChI=1S/C20H24N2/c1-21-13-10-16(11-14-21)12-15-22-19-8-4-2-6-17(19)18-7-3-5-9-20(18)22/h2-9,16H,10-15H2,1H3. The number of nitrogens with zero attached hydrogens (tertiary/aromatic N) is 2. The molecule has 0 amide bonds. The molecular weight excluding hydrogens is 268 g/mol. The molecular formula is C20H24N2. The van der Waals surface area contributed by atoms with Crippen LogP contribution in [0, 0.1) is 5.92 Å². The molecule has 0 saturated carbocycles. The van der Waals surface area contributed by atoms with Crippen LogP contribution in [0.3, 0.4) is 0 Å². The molecule has 0 unspecified atom stereocenters. The monoisotopic (exact) mass is 292 g/mol. The van der Waals surface area contributed by atoms with Gasteiger partial charge in [0.25, 0.3) is 0 Å². The van der Waals surface area contributed by atoms with Crippen LogP contribution < -0.4 is 0 Å². The highest BCUT2D eigenvalue weighted by atomic mass is 15.1. The van der Waals surface area contributed by atoms with E-state index in [-0.39, 0.29) is 0 Å². The predicted molar refractivity (Wildman–Crippen MR) is 94.3 cm³/mol. The number of aryl methyl sites for hydroxylation is 1. The smallest absolute Gasteiger partial charge is 0.0491 e. The fourth-order valence-electron chi connectivity index (χ4n) is 3.91. The number of piperidine rings is 1. The van der Waals surface area contributed by atoms with Crippen molar-refractivity contribution in [2.45, 2.75) is 25.8 Å². The fourth-order valence-corrected chi connectivity index (χ4v) is 3.91. The highest BCUT2D eigenvalue weighted by Crippen LogP contribution is 2.30. The van der Waals surface area contributed by atoms with Crippen LogP contribution in [0.25, 0.3) is 21.8 Å². The van der Waals surface area contributed by atoms with Crippen LogP contribution in [0.15, 0.2) is 48.5 Å². The maximum Gasteiger partial charge on any atom is 0.0491 e. The van der Waals surface area contributed by atoms with E-state index in [2.05, 4.69) is 65.0 Å². The molecule has 0 N–H and O–H groups in total. The minimum atomic E-state index is 0.885. The van der Waals surface area contributed by atoms with E-state index >= 15 is 0 Å². The van der Waals surface area contributed by atoms with Crippen molar-refractivity contribution in [1.82, 2.24) is 9.47 Å². The highest BCUT2D eigenvalue weighted by molar-refractivity contribution is 6.07. The van der Waals surface area contributed by atoms with E-state index in [0.717, 1.165) is 12.5 Å². The van der Waals surface area contributed by atoms with E-state index < -0.39 is 0 Å². The Morgan fingerprint density at radius 3 is 2.00 bits per heavy atom. The van der Waals surface area contributed by atoms with Crippen LogP contribution in [0.1, 0.15) is 19.3 Å². The number of likely N-dealkylation sites (tertiary alicyclic amines) is 1. The summed E-state index contributed by atoms with van der Waals surface area (Å²) >= 11 is 0. The van der Waals surface area contributed by atoms with Gasteiger partial charge >= 0.3 is 0 Å². The third kappa shape index (κ3) is 2.42. The number of fused-ring (bicyclic) bond motifs is 3. The molecule has 2 heterocycles. The molecule has 3 aromatic rings. The Morgan fingerprint density at radius 2 is 1.41 bits per heavy atom. The second-order valence-electron chi connectivity index (χ2n) is 6.72. The molecule has 1 fully saturated rings. The molecule has 22 heavy (non-hydrogen) atoms. The first-order valence-corrected chi connectivity index (χ1v) is 8.47. The zero-order chi connectivity index (χ0) is 14.9. The van der Waals surface area contributed by atoms with E-state index in [1.54, 1.807) is 0 Å². The molecule has 0 atom stereocenters. The van der Waals surface area contributed by atoms with Gasteiger partial charge in [0.1, 0.15) is 0 Å². The van der Waals surface area contributed by atoms with Crippen LogP contribution in [0.4, 0.5) is 0 Å². The topological polar surface area (TPSA) is 8.17 Å². The average molecular weight is 292 g/mol. The summed E-state index contributed by atoms with van der Waals surface area (Å²) in [4.78, 5) is 2.46. The lowest BCUT2D eigenvalue weighted by Gasteiger charge is -2.29. The normalized spacial score (nSPS) is 17.5. The maximum atomic E-state index is 2.53. The van der Waals surface area contributed by atoms with E-state index in [1.165, 1.54) is 54.2 Å². The first kappa shape index (κ1) is 13.8. The molecule has 0 bridgehead atoms. The molecule has 2 nitrogen and oxygen atoms in total. The molecule has 0 spiro atoms. The zero-order valence-electron chi connectivity index (χ0n) is 13.3. The second-order valence-corrected chi connectivity index (χ2v) is 6.72. The van der Waals surface area contributed by atoms with Gasteiger partial charge in [-0.1, -0.05) is 36.4 Å². The van der Waals surface area contributed by atoms with Crippen molar-refractivity contribution in [3.8, 4) is 0 Å². The van der Waals surface area contributed by atoms with Crippen molar-refractivity contribution in [1.29, 1.82) is 0 Å². The molecule has 2 heteroatoms. The minimum absolute atomic E-state index is 0.885. The van der Waals surface area contributed by atoms with Gasteiger partial charge in [-0.25, -0.2) is 0 Å². The molecule has 1 saturated heterocycles. The van der Waals surface area contributed by atoms with Crippen molar-refractivity contribution in [2.75, 3.05) is 20.1 Å². The minimum Gasteiger partial charge on any atom is -0.340 e. The van der Waals surface area contributed by atoms with E-state index in [4.69, 9.17) is 0 Å². The predicted octanol–water partition coefficient (Wildman–Crippen LogP) is 4.53. The number of hydrogen-bond acceptors (Lipinski definition) is 1. The third-order valence-electron chi connectivity index (χ3n) is 5.28. The van der Waals surface area contributed by atoms with Gasteiger partial charge in [-0.15, -0.1) is 0 Å².